The van der Waals surface area contributed by atoms with Crippen LogP contribution in [-0.2, 0) is 9.53 Å². The Hall–Kier alpha value is -0.770. The van der Waals surface area contributed by atoms with E-state index in [9.17, 15) is 4.79 Å². The highest BCUT2D eigenvalue weighted by Gasteiger charge is 2.49. The molecule has 0 N–H and O–H groups in total. The molecule has 21 heavy (non-hydrogen) atoms. The van der Waals surface area contributed by atoms with E-state index in [-0.39, 0.29) is 23.8 Å². The van der Waals surface area contributed by atoms with E-state index >= 15 is 0 Å². The van der Waals surface area contributed by atoms with Crippen molar-refractivity contribution in [1.82, 2.24) is 4.90 Å². The SMILES string of the molecule is COC(=O)C1C(c2ccc(Cl)c(Cl)c2)C[C@@H]2CC[C@H]1N2C. The van der Waals surface area contributed by atoms with Gasteiger partial charge in [-0.1, -0.05) is 29.3 Å². The van der Waals surface area contributed by atoms with E-state index in [0.717, 1.165) is 24.8 Å². The number of nitrogens with zero attached hydrogens (tertiary/aromatic N) is 1. The molecule has 0 radical (unpaired) electrons. The lowest BCUT2D eigenvalue weighted by atomic mass is 9.76. The van der Waals surface area contributed by atoms with Gasteiger partial charge < -0.3 is 4.74 Å². The standard InChI is InChI=1S/C16H19Cl2NO2/c1-19-10-4-6-14(19)15(16(20)21-2)11(8-10)9-3-5-12(17)13(18)7-9/h3,5,7,10-11,14-15H,4,6,8H2,1-2H3/t10-,11?,14+,15?/m0/s1. The van der Waals surface area contributed by atoms with E-state index in [0.29, 0.717) is 16.1 Å². The first-order chi connectivity index (χ1) is 10.0. The number of esters is 1. The Balaban J connectivity index is 1.98. The predicted molar refractivity (Wildman–Crippen MR) is 83.9 cm³/mol. The largest absolute Gasteiger partial charge is 0.469 e. The van der Waals surface area contributed by atoms with Crippen molar-refractivity contribution in [1.29, 1.82) is 0 Å². The molecule has 2 aliphatic rings. The molecule has 0 aromatic heterocycles. The van der Waals surface area contributed by atoms with Gasteiger partial charge in [-0.25, -0.2) is 0 Å². The molecule has 1 aromatic carbocycles. The zero-order chi connectivity index (χ0) is 15.1. The second-order valence-electron chi connectivity index (χ2n) is 6.03. The molecule has 0 aliphatic carbocycles. The zero-order valence-electron chi connectivity index (χ0n) is 12.2. The number of rotatable bonds is 2. The molecule has 4 atom stereocenters. The molecule has 2 fully saturated rings. The van der Waals surface area contributed by atoms with Crippen molar-refractivity contribution in [3.8, 4) is 0 Å². The summed E-state index contributed by atoms with van der Waals surface area (Å²) in [6.07, 6.45) is 3.16. The molecule has 3 rings (SSSR count). The van der Waals surface area contributed by atoms with Gasteiger partial charge in [-0.05, 0) is 44.0 Å². The molecule has 0 saturated carbocycles. The molecule has 0 amide bonds. The van der Waals surface area contributed by atoms with Gasteiger partial charge in [0.1, 0.15) is 0 Å². The number of ether oxygens (including phenoxy) is 1. The number of benzene rings is 1. The third-order valence-electron chi connectivity index (χ3n) is 5.11. The highest BCUT2D eigenvalue weighted by atomic mass is 35.5. The quantitative estimate of drug-likeness (QED) is 0.775. The fraction of sp³-hybridized carbons (Fsp3) is 0.562. The maximum atomic E-state index is 12.3. The Morgan fingerprint density at radius 3 is 2.71 bits per heavy atom. The fourth-order valence-electron chi connectivity index (χ4n) is 4.01. The first-order valence-corrected chi connectivity index (χ1v) is 8.03. The van der Waals surface area contributed by atoms with Crippen molar-refractivity contribution in [3.05, 3.63) is 33.8 Å². The molecular weight excluding hydrogens is 309 g/mol. The molecule has 2 heterocycles. The van der Waals surface area contributed by atoms with Crippen molar-refractivity contribution >= 4 is 29.2 Å². The number of hydrogen-bond donors (Lipinski definition) is 0. The summed E-state index contributed by atoms with van der Waals surface area (Å²) in [7, 11) is 3.58. The topological polar surface area (TPSA) is 29.5 Å². The van der Waals surface area contributed by atoms with Gasteiger partial charge in [-0.3, -0.25) is 9.69 Å². The number of carbonyl (C=O) groups excluding carboxylic acids is 1. The van der Waals surface area contributed by atoms with Crippen molar-refractivity contribution in [2.75, 3.05) is 14.2 Å². The molecule has 0 spiro atoms. The van der Waals surface area contributed by atoms with Crippen LogP contribution in [0.2, 0.25) is 10.0 Å². The number of hydrogen-bond acceptors (Lipinski definition) is 3. The summed E-state index contributed by atoms with van der Waals surface area (Å²) >= 11 is 12.2. The number of methoxy groups -OCH3 is 1. The first kappa shape index (κ1) is 15.1. The van der Waals surface area contributed by atoms with Gasteiger partial charge in [0, 0.05) is 18.0 Å². The van der Waals surface area contributed by atoms with Gasteiger partial charge in [0.05, 0.1) is 23.1 Å². The molecule has 2 aliphatic heterocycles. The van der Waals surface area contributed by atoms with Crippen molar-refractivity contribution in [2.24, 2.45) is 5.92 Å². The smallest absolute Gasteiger partial charge is 0.310 e. The first-order valence-electron chi connectivity index (χ1n) is 7.27. The highest BCUT2D eigenvalue weighted by molar-refractivity contribution is 6.42. The van der Waals surface area contributed by atoms with E-state index in [1.54, 1.807) is 0 Å². The van der Waals surface area contributed by atoms with Gasteiger partial charge in [0.25, 0.3) is 0 Å². The van der Waals surface area contributed by atoms with Crippen LogP contribution in [0, 0.1) is 5.92 Å². The summed E-state index contributed by atoms with van der Waals surface area (Å²) in [4.78, 5) is 14.7. The third kappa shape index (κ3) is 2.56. The van der Waals surface area contributed by atoms with E-state index in [4.69, 9.17) is 27.9 Å². The zero-order valence-corrected chi connectivity index (χ0v) is 13.7. The molecule has 1 aromatic rings. The Bertz CT molecular complexity index is 563. The second-order valence-corrected chi connectivity index (χ2v) is 6.84. The summed E-state index contributed by atoms with van der Waals surface area (Å²) in [5.74, 6) is -0.0971. The minimum absolute atomic E-state index is 0.122. The van der Waals surface area contributed by atoms with Gasteiger partial charge >= 0.3 is 5.97 Å². The summed E-state index contributed by atoms with van der Waals surface area (Å²) in [6.45, 7) is 0. The molecule has 2 saturated heterocycles. The maximum Gasteiger partial charge on any atom is 0.310 e. The highest BCUT2D eigenvalue weighted by Crippen LogP contribution is 2.47. The summed E-state index contributed by atoms with van der Waals surface area (Å²) in [5.41, 5.74) is 1.09. The van der Waals surface area contributed by atoms with Gasteiger partial charge in [-0.15, -0.1) is 0 Å². The second kappa shape index (κ2) is 5.79. The van der Waals surface area contributed by atoms with E-state index < -0.39 is 0 Å². The minimum atomic E-state index is -0.129. The third-order valence-corrected chi connectivity index (χ3v) is 5.85. The lowest BCUT2D eigenvalue weighted by Crippen LogP contribution is -2.49. The number of fused-ring (bicyclic) bond motifs is 2. The average molecular weight is 328 g/mol. The van der Waals surface area contributed by atoms with Crippen molar-refractivity contribution < 1.29 is 9.53 Å². The van der Waals surface area contributed by atoms with Gasteiger partial charge in [0.15, 0.2) is 0 Å². The van der Waals surface area contributed by atoms with Crippen LogP contribution in [-0.4, -0.2) is 37.1 Å². The van der Waals surface area contributed by atoms with Crippen LogP contribution in [0.1, 0.15) is 30.7 Å². The van der Waals surface area contributed by atoms with Crippen molar-refractivity contribution in [3.63, 3.8) is 0 Å². The predicted octanol–water partition coefficient (Wildman–Crippen LogP) is 3.73. The van der Waals surface area contributed by atoms with Crippen LogP contribution in [0.3, 0.4) is 0 Å². The van der Waals surface area contributed by atoms with Gasteiger partial charge in [0.2, 0.25) is 0 Å². The van der Waals surface area contributed by atoms with Gasteiger partial charge in [-0.2, -0.15) is 0 Å². The van der Waals surface area contributed by atoms with Crippen LogP contribution >= 0.6 is 23.2 Å². The molecular formula is C16H19Cl2NO2. The average Bonchev–Trinajstić information content (AvgIpc) is 2.72. The number of halogens is 2. The van der Waals surface area contributed by atoms with Crippen LogP contribution in [0.4, 0.5) is 0 Å². The van der Waals surface area contributed by atoms with E-state index in [1.807, 2.05) is 18.2 Å². The lowest BCUT2D eigenvalue weighted by molar-refractivity contribution is -0.150. The summed E-state index contributed by atoms with van der Waals surface area (Å²) < 4.78 is 5.07. The Morgan fingerprint density at radius 2 is 2.05 bits per heavy atom. The molecule has 2 unspecified atom stereocenters. The van der Waals surface area contributed by atoms with Crippen molar-refractivity contribution in [2.45, 2.75) is 37.3 Å². The Labute approximate surface area is 135 Å². The maximum absolute atomic E-state index is 12.3. The monoisotopic (exact) mass is 327 g/mol. The Kier molecular flexibility index (Phi) is 4.17. The number of carbonyl (C=O) groups is 1. The van der Waals surface area contributed by atoms with Crippen LogP contribution in [0.15, 0.2) is 18.2 Å². The summed E-state index contributed by atoms with van der Waals surface area (Å²) in [6, 6.07) is 6.49. The summed E-state index contributed by atoms with van der Waals surface area (Å²) in [5, 5.41) is 1.09. The normalized spacial score (nSPS) is 32.2. The van der Waals surface area contributed by atoms with E-state index in [1.165, 1.54) is 7.11 Å². The molecule has 114 valence electrons. The van der Waals surface area contributed by atoms with Crippen LogP contribution in [0.25, 0.3) is 0 Å². The Morgan fingerprint density at radius 1 is 1.29 bits per heavy atom. The molecule has 3 nitrogen and oxygen atoms in total. The minimum Gasteiger partial charge on any atom is -0.469 e. The van der Waals surface area contributed by atoms with Crippen LogP contribution < -0.4 is 0 Å². The van der Waals surface area contributed by atoms with Crippen LogP contribution in [0.5, 0.6) is 0 Å². The molecule has 2 bridgehead atoms. The lowest BCUT2D eigenvalue weighted by Gasteiger charge is -2.41. The molecule has 5 heteroatoms. The fourth-order valence-corrected chi connectivity index (χ4v) is 4.32. The van der Waals surface area contributed by atoms with E-state index in [2.05, 4.69) is 11.9 Å². The number of piperidine rings is 1.